The summed E-state index contributed by atoms with van der Waals surface area (Å²) in [6, 6.07) is 5.90. The van der Waals surface area contributed by atoms with Crippen LogP contribution >= 0.6 is 0 Å². The van der Waals surface area contributed by atoms with Crippen molar-refractivity contribution in [2.75, 3.05) is 7.05 Å². The van der Waals surface area contributed by atoms with Gasteiger partial charge in [0.15, 0.2) is 0 Å². The molecule has 0 saturated carbocycles. The van der Waals surface area contributed by atoms with Gasteiger partial charge in [-0.2, -0.15) is 8.78 Å². The van der Waals surface area contributed by atoms with E-state index >= 15 is 0 Å². The largest absolute Gasteiger partial charge is 0.354 e. The fourth-order valence-corrected chi connectivity index (χ4v) is 1.27. The van der Waals surface area contributed by atoms with E-state index in [0.29, 0.717) is 6.42 Å². The Bertz CT molecular complexity index is 363. The number of carbonyl (C=O) groups is 1. The molecular weight excluding hydrogens is 200 g/mol. The molecule has 2 nitrogen and oxygen atoms in total. The van der Waals surface area contributed by atoms with E-state index in [4.69, 9.17) is 0 Å². The second-order valence-corrected chi connectivity index (χ2v) is 3.21. The lowest BCUT2D eigenvalue weighted by atomic mass is 10.0. The molecule has 0 radical (unpaired) electrons. The Morgan fingerprint density at radius 1 is 1.47 bits per heavy atom. The van der Waals surface area contributed by atoms with E-state index in [1.807, 2.05) is 12.2 Å². The van der Waals surface area contributed by atoms with E-state index in [2.05, 4.69) is 0 Å². The highest BCUT2D eigenvalue weighted by atomic mass is 19.3. The average molecular weight is 213 g/mol. The molecule has 0 fully saturated rings. The van der Waals surface area contributed by atoms with Crippen molar-refractivity contribution in [3.63, 3.8) is 0 Å². The van der Waals surface area contributed by atoms with Gasteiger partial charge in [0.05, 0.1) is 0 Å². The van der Waals surface area contributed by atoms with Gasteiger partial charge in [-0.1, -0.05) is 25.1 Å². The monoisotopic (exact) mass is 213 g/mol. The molecule has 0 spiro atoms. The molecule has 0 aliphatic rings. The first-order valence-corrected chi connectivity index (χ1v) is 4.71. The normalized spacial score (nSPS) is 11.2. The van der Waals surface area contributed by atoms with Gasteiger partial charge >= 0.3 is 5.92 Å². The predicted octanol–water partition coefficient (Wildman–Crippen LogP) is 2.09. The second kappa shape index (κ2) is 4.38. The first-order valence-electron chi connectivity index (χ1n) is 4.71. The minimum atomic E-state index is -3.46. The van der Waals surface area contributed by atoms with Crippen molar-refractivity contribution in [2.45, 2.75) is 19.3 Å². The smallest absolute Gasteiger partial charge is 0.349 e. The number of benzene rings is 1. The van der Waals surface area contributed by atoms with Crippen molar-refractivity contribution in [2.24, 2.45) is 0 Å². The molecule has 1 aromatic carbocycles. The fourth-order valence-electron chi connectivity index (χ4n) is 1.27. The predicted molar refractivity (Wildman–Crippen MR) is 53.8 cm³/mol. The molecule has 0 aromatic heterocycles. The van der Waals surface area contributed by atoms with Crippen molar-refractivity contribution in [1.82, 2.24) is 5.32 Å². The van der Waals surface area contributed by atoms with Gasteiger partial charge in [-0.3, -0.25) is 4.79 Å². The van der Waals surface area contributed by atoms with E-state index in [-0.39, 0.29) is 5.56 Å². The van der Waals surface area contributed by atoms with E-state index in [9.17, 15) is 13.6 Å². The molecule has 4 heteroatoms. The molecule has 0 bridgehead atoms. The Kier molecular flexibility index (Phi) is 3.39. The van der Waals surface area contributed by atoms with Crippen LogP contribution in [0.15, 0.2) is 24.3 Å². The van der Waals surface area contributed by atoms with Crippen molar-refractivity contribution in [3.8, 4) is 0 Å². The van der Waals surface area contributed by atoms with E-state index in [0.717, 1.165) is 5.56 Å². The van der Waals surface area contributed by atoms with Crippen molar-refractivity contribution >= 4 is 5.91 Å². The molecule has 1 aromatic rings. The summed E-state index contributed by atoms with van der Waals surface area (Å²) in [5, 5.41) is 1.95. The minimum Gasteiger partial charge on any atom is -0.354 e. The minimum absolute atomic E-state index is 0.263. The second-order valence-electron chi connectivity index (χ2n) is 3.21. The SMILES string of the molecule is CCc1cccc(C(F)(F)C(=O)NC)c1. The van der Waals surface area contributed by atoms with Crippen LogP contribution in [0, 0.1) is 0 Å². The van der Waals surface area contributed by atoms with Gasteiger partial charge in [0.2, 0.25) is 0 Å². The maximum absolute atomic E-state index is 13.5. The number of hydrogen-bond acceptors (Lipinski definition) is 1. The average Bonchev–Trinajstić information content (AvgIpc) is 2.27. The molecule has 0 aliphatic carbocycles. The Morgan fingerprint density at radius 2 is 2.13 bits per heavy atom. The molecule has 1 amide bonds. The zero-order valence-corrected chi connectivity index (χ0v) is 8.68. The van der Waals surface area contributed by atoms with Crippen LogP contribution in [0.4, 0.5) is 8.78 Å². The van der Waals surface area contributed by atoms with Crippen molar-refractivity contribution in [3.05, 3.63) is 35.4 Å². The third kappa shape index (κ3) is 2.32. The van der Waals surface area contributed by atoms with Gasteiger partial charge < -0.3 is 5.32 Å². The zero-order chi connectivity index (χ0) is 11.5. The standard InChI is InChI=1S/C11H13F2NO/c1-3-8-5-4-6-9(7-8)11(12,13)10(15)14-2/h4-7H,3H2,1-2H3,(H,14,15). The van der Waals surface area contributed by atoms with Crippen molar-refractivity contribution < 1.29 is 13.6 Å². The van der Waals surface area contributed by atoms with Gasteiger partial charge in [-0.15, -0.1) is 0 Å². The summed E-state index contributed by atoms with van der Waals surface area (Å²) in [7, 11) is 1.19. The number of halogens is 2. The number of hydrogen-bond donors (Lipinski definition) is 1. The maximum Gasteiger partial charge on any atom is 0.349 e. The van der Waals surface area contributed by atoms with Gasteiger partial charge in [-0.05, 0) is 18.1 Å². The molecule has 15 heavy (non-hydrogen) atoms. The summed E-state index contributed by atoms with van der Waals surface area (Å²) < 4.78 is 26.9. The van der Waals surface area contributed by atoms with Crippen LogP contribution in [0.2, 0.25) is 0 Å². The number of carbonyl (C=O) groups excluding carboxylic acids is 1. The molecular formula is C11H13F2NO. The van der Waals surface area contributed by atoms with Gasteiger partial charge in [0.25, 0.3) is 5.91 Å². The Hall–Kier alpha value is -1.45. The molecule has 1 N–H and O–H groups in total. The Labute approximate surface area is 87.3 Å². The lowest BCUT2D eigenvalue weighted by molar-refractivity contribution is -0.146. The molecule has 0 unspecified atom stereocenters. The highest BCUT2D eigenvalue weighted by molar-refractivity contribution is 5.84. The highest BCUT2D eigenvalue weighted by Crippen LogP contribution is 2.28. The van der Waals surface area contributed by atoms with Crippen LogP contribution in [0.5, 0.6) is 0 Å². The van der Waals surface area contributed by atoms with Gasteiger partial charge in [0.1, 0.15) is 0 Å². The lowest BCUT2D eigenvalue weighted by Crippen LogP contribution is -2.35. The number of aryl methyl sites for hydroxylation is 1. The molecule has 82 valence electrons. The summed E-state index contributed by atoms with van der Waals surface area (Å²) in [5.41, 5.74) is 0.525. The van der Waals surface area contributed by atoms with Crippen LogP contribution in [-0.4, -0.2) is 13.0 Å². The van der Waals surface area contributed by atoms with Gasteiger partial charge in [0, 0.05) is 12.6 Å². The Balaban J connectivity index is 3.09. The number of nitrogens with one attached hydrogen (secondary N) is 1. The quantitative estimate of drug-likeness (QED) is 0.818. The van der Waals surface area contributed by atoms with E-state index < -0.39 is 11.8 Å². The number of amides is 1. The van der Waals surface area contributed by atoms with Gasteiger partial charge in [-0.25, -0.2) is 0 Å². The molecule has 0 saturated heterocycles. The molecule has 0 atom stereocenters. The fraction of sp³-hybridized carbons (Fsp3) is 0.364. The van der Waals surface area contributed by atoms with Crippen LogP contribution < -0.4 is 5.32 Å². The summed E-state index contributed by atoms with van der Waals surface area (Å²) in [4.78, 5) is 11.0. The lowest BCUT2D eigenvalue weighted by Gasteiger charge is -2.15. The summed E-state index contributed by atoms with van der Waals surface area (Å²) >= 11 is 0. The van der Waals surface area contributed by atoms with E-state index in [1.165, 1.54) is 25.2 Å². The summed E-state index contributed by atoms with van der Waals surface area (Å²) in [6.07, 6.45) is 0.664. The van der Waals surface area contributed by atoms with Crippen LogP contribution in [0.3, 0.4) is 0 Å². The zero-order valence-electron chi connectivity index (χ0n) is 8.68. The molecule has 1 rings (SSSR count). The number of likely N-dealkylation sites (N-methyl/N-ethyl adjacent to an activating group) is 1. The third-order valence-corrected chi connectivity index (χ3v) is 2.21. The summed E-state index contributed by atoms with van der Waals surface area (Å²) in [6.45, 7) is 1.87. The topological polar surface area (TPSA) is 29.1 Å². The first kappa shape index (κ1) is 11.6. The third-order valence-electron chi connectivity index (χ3n) is 2.21. The maximum atomic E-state index is 13.5. The summed E-state index contributed by atoms with van der Waals surface area (Å²) in [5.74, 6) is -4.74. The van der Waals surface area contributed by atoms with Crippen molar-refractivity contribution in [1.29, 1.82) is 0 Å². The number of rotatable bonds is 3. The van der Waals surface area contributed by atoms with E-state index in [1.54, 1.807) is 6.07 Å². The number of alkyl halides is 2. The Morgan fingerprint density at radius 3 is 2.67 bits per heavy atom. The van der Waals surface area contributed by atoms with Crippen LogP contribution in [-0.2, 0) is 17.1 Å². The first-order chi connectivity index (χ1) is 7.02. The van der Waals surface area contributed by atoms with Crippen LogP contribution in [0.25, 0.3) is 0 Å². The van der Waals surface area contributed by atoms with Crippen LogP contribution in [0.1, 0.15) is 18.1 Å². The highest BCUT2D eigenvalue weighted by Gasteiger charge is 2.39. The molecule has 0 aliphatic heterocycles. The molecule has 0 heterocycles.